The fourth-order valence-corrected chi connectivity index (χ4v) is 5.21. The average molecular weight is 378 g/mol. The number of nitro groups is 1. The molecule has 3 rings (SSSR count). The van der Waals surface area contributed by atoms with Crippen LogP contribution in [0.3, 0.4) is 0 Å². The number of rotatable bonds is 5. The second-order valence-corrected chi connectivity index (χ2v) is 8.50. The van der Waals surface area contributed by atoms with Crippen LogP contribution in [0.2, 0.25) is 0 Å². The molecule has 1 aromatic carbocycles. The lowest BCUT2D eigenvalue weighted by molar-refractivity contribution is -0.384. The zero-order valence-corrected chi connectivity index (χ0v) is 16.4. The minimum absolute atomic E-state index is 0.0856. The number of nitro benzene ring substituents is 1. The molecule has 0 radical (unpaired) electrons. The zero-order chi connectivity index (χ0) is 18.8. The number of thioether (sulfide) groups is 1. The van der Waals surface area contributed by atoms with Crippen LogP contribution in [0, 0.1) is 10.1 Å². The number of aliphatic hydroxyl groups excluding tert-OH is 1. The molecule has 1 aromatic rings. The largest absolute Gasteiger partial charge is 0.391 e. The van der Waals surface area contributed by atoms with E-state index in [1.807, 2.05) is 20.8 Å². The number of aliphatic hydroxyl groups is 1. The minimum Gasteiger partial charge on any atom is -0.391 e. The summed E-state index contributed by atoms with van der Waals surface area (Å²) in [7, 11) is 0. The molecule has 7 heteroatoms. The first-order valence-corrected chi connectivity index (χ1v) is 10.3. The summed E-state index contributed by atoms with van der Waals surface area (Å²) in [5.41, 5.74) is 1.78. The molecule has 0 aromatic heterocycles. The molecule has 2 fully saturated rings. The maximum Gasteiger partial charge on any atom is 0.269 e. The molecule has 0 unspecified atom stereocenters. The summed E-state index contributed by atoms with van der Waals surface area (Å²) in [5, 5.41) is 22.3. The number of non-ortho nitro benzene ring substituents is 1. The third-order valence-corrected chi connectivity index (χ3v) is 6.36. The zero-order valence-electron chi connectivity index (χ0n) is 15.6. The van der Waals surface area contributed by atoms with Gasteiger partial charge in [-0.05, 0) is 37.3 Å². The highest BCUT2D eigenvalue weighted by Gasteiger charge is 2.39. The van der Waals surface area contributed by atoms with E-state index in [4.69, 9.17) is 4.99 Å². The van der Waals surface area contributed by atoms with Crippen molar-refractivity contribution in [1.29, 1.82) is 0 Å². The maximum atomic E-state index is 11.1. The Morgan fingerprint density at radius 2 is 2.00 bits per heavy atom. The van der Waals surface area contributed by atoms with Gasteiger partial charge in [0.25, 0.3) is 5.69 Å². The number of hydrogen-bond donors (Lipinski definition) is 1. The van der Waals surface area contributed by atoms with Gasteiger partial charge < -0.3 is 10.0 Å². The Bertz CT molecular complexity index is 699. The highest BCUT2D eigenvalue weighted by molar-refractivity contribution is 8.14. The molecule has 0 spiro atoms. The lowest BCUT2D eigenvalue weighted by Crippen LogP contribution is -2.46. The average Bonchev–Trinajstić information content (AvgIpc) is 3.23. The monoisotopic (exact) mass is 377 g/mol. The number of nitrogens with zero attached hydrogens (tertiary/aromatic N) is 3. The van der Waals surface area contributed by atoms with Crippen LogP contribution >= 0.6 is 11.8 Å². The van der Waals surface area contributed by atoms with Crippen molar-refractivity contribution in [3.05, 3.63) is 33.9 Å². The van der Waals surface area contributed by atoms with Crippen LogP contribution in [-0.4, -0.2) is 44.0 Å². The first-order chi connectivity index (χ1) is 12.4. The van der Waals surface area contributed by atoms with Gasteiger partial charge in [0.2, 0.25) is 0 Å². The van der Waals surface area contributed by atoms with E-state index < -0.39 is 6.10 Å². The number of amidine groups is 1. The van der Waals surface area contributed by atoms with Gasteiger partial charge in [0.05, 0.1) is 22.8 Å². The third-order valence-electron chi connectivity index (χ3n) is 5.30. The summed E-state index contributed by atoms with van der Waals surface area (Å²) in [5.74, 6) is 0.977. The number of hydrogen-bond acceptors (Lipinski definition) is 5. The van der Waals surface area contributed by atoms with Gasteiger partial charge in [-0.1, -0.05) is 38.5 Å². The lowest BCUT2D eigenvalue weighted by Gasteiger charge is -2.33. The molecule has 2 atom stereocenters. The van der Waals surface area contributed by atoms with E-state index in [9.17, 15) is 15.2 Å². The van der Waals surface area contributed by atoms with Gasteiger partial charge >= 0.3 is 0 Å². The quantitative estimate of drug-likeness (QED) is 0.606. The summed E-state index contributed by atoms with van der Waals surface area (Å²) in [6.45, 7) is 5.90. The number of aliphatic imine (C=N–C) groups is 1. The smallest absolute Gasteiger partial charge is 0.269 e. The Morgan fingerprint density at radius 1 is 1.31 bits per heavy atom. The van der Waals surface area contributed by atoms with Gasteiger partial charge in [-0.3, -0.25) is 10.1 Å². The van der Waals surface area contributed by atoms with Gasteiger partial charge in [-0.15, -0.1) is 0 Å². The summed E-state index contributed by atoms with van der Waals surface area (Å²) in [6, 6.07) is 5.43. The van der Waals surface area contributed by atoms with Gasteiger partial charge in [-0.2, -0.15) is 0 Å². The summed E-state index contributed by atoms with van der Waals surface area (Å²) < 4.78 is 0. The molecule has 1 saturated heterocycles. The second kappa shape index (κ2) is 7.96. The van der Waals surface area contributed by atoms with Crippen LogP contribution in [0.25, 0.3) is 0 Å². The molecule has 142 valence electrons. The van der Waals surface area contributed by atoms with Crippen molar-refractivity contribution in [1.82, 2.24) is 4.90 Å². The van der Waals surface area contributed by atoms with Crippen molar-refractivity contribution in [2.75, 3.05) is 5.75 Å². The molecule has 1 aliphatic heterocycles. The van der Waals surface area contributed by atoms with Crippen LogP contribution in [0.4, 0.5) is 11.4 Å². The van der Waals surface area contributed by atoms with E-state index in [-0.39, 0.29) is 22.6 Å². The lowest BCUT2D eigenvalue weighted by atomic mass is 10.0. The van der Waals surface area contributed by atoms with Crippen molar-refractivity contribution in [2.45, 2.75) is 70.6 Å². The minimum atomic E-state index is -0.405. The Hall–Kier alpha value is -1.60. The number of benzene rings is 1. The van der Waals surface area contributed by atoms with Gasteiger partial charge in [0.1, 0.15) is 0 Å². The summed E-state index contributed by atoms with van der Waals surface area (Å²) in [4.78, 5) is 18.0. The SMILES string of the molecule is CC(C)c1cc([N+](=O)[O-])ccc1N=C1SC[C@H]([C@@H](C)O)N1C1CCCC1. The molecule has 1 N–H and O–H groups in total. The van der Waals surface area contributed by atoms with E-state index in [1.165, 1.54) is 18.9 Å². The third kappa shape index (κ3) is 3.88. The Kier molecular flexibility index (Phi) is 5.87. The molecule has 2 aliphatic rings. The van der Waals surface area contributed by atoms with E-state index >= 15 is 0 Å². The van der Waals surface area contributed by atoms with E-state index in [0.29, 0.717) is 6.04 Å². The molecule has 1 heterocycles. The van der Waals surface area contributed by atoms with Gasteiger partial charge in [0, 0.05) is 23.9 Å². The Balaban J connectivity index is 1.98. The topological polar surface area (TPSA) is 79.0 Å². The molecule has 26 heavy (non-hydrogen) atoms. The van der Waals surface area contributed by atoms with E-state index in [2.05, 4.69) is 4.90 Å². The van der Waals surface area contributed by atoms with E-state index in [0.717, 1.165) is 35.0 Å². The molecular weight excluding hydrogens is 350 g/mol. The highest BCUT2D eigenvalue weighted by Crippen LogP contribution is 2.38. The highest BCUT2D eigenvalue weighted by atomic mass is 32.2. The summed E-state index contributed by atoms with van der Waals surface area (Å²) in [6.07, 6.45) is 4.32. The standard InChI is InChI=1S/C19H27N3O3S/c1-12(2)16-10-15(22(24)25)8-9-17(16)20-19-21(14-6-4-5-7-14)18(11-26-19)13(3)23/h8-10,12-14,18,23H,4-7,11H2,1-3H3/t13-,18-/m1/s1. The summed E-state index contributed by atoms with van der Waals surface area (Å²) >= 11 is 1.68. The fraction of sp³-hybridized carbons (Fsp3) is 0.632. The Morgan fingerprint density at radius 3 is 2.58 bits per heavy atom. The maximum absolute atomic E-state index is 11.1. The van der Waals surface area contributed by atoms with Crippen molar-refractivity contribution < 1.29 is 10.0 Å². The predicted molar refractivity (Wildman–Crippen MR) is 106 cm³/mol. The van der Waals surface area contributed by atoms with Crippen molar-refractivity contribution in [2.24, 2.45) is 4.99 Å². The van der Waals surface area contributed by atoms with Crippen LogP contribution in [0.5, 0.6) is 0 Å². The molecule has 1 saturated carbocycles. The fourth-order valence-electron chi connectivity index (χ4n) is 3.85. The van der Waals surface area contributed by atoms with Crippen molar-refractivity contribution in [3.8, 4) is 0 Å². The van der Waals surface area contributed by atoms with Crippen LogP contribution in [0.15, 0.2) is 23.2 Å². The first kappa shape index (κ1) is 19.2. The van der Waals surface area contributed by atoms with Crippen molar-refractivity contribution >= 4 is 28.3 Å². The molecular formula is C19H27N3O3S. The van der Waals surface area contributed by atoms with Crippen LogP contribution in [0.1, 0.15) is 57.9 Å². The molecule has 0 amide bonds. The van der Waals surface area contributed by atoms with Crippen molar-refractivity contribution in [3.63, 3.8) is 0 Å². The van der Waals surface area contributed by atoms with Crippen LogP contribution in [-0.2, 0) is 0 Å². The predicted octanol–water partition coefficient (Wildman–Crippen LogP) is 4.45. The second-order valence-electron chi connectivity index (χ2n) is 7.51. The van der Waals surface area contributed by atoms with Crippen LogP contribution < -0.4 is 0 Å². The Labute approximate surface area is 158 Å². The van der Waals surface area contributed by atoms with E-state index in [1.54, 1.807) is 23.9 Å². The molecule has 0 bridgehead atoms. The van der Waals surface area contributed by atoms with Gasteiger partial charge in [-0.25, -0.2) is 4.99 Å². The first-order valence-electron chi connectivity index (χ1n) is 9.34. The molecule has 6 nitrogen and oxygen atoms in total. The molecule has 1 aliphatic carbocycles. The van der Waals surface area contributed by atoms with Gasteiger partial charge in [0.15, 0.2) is 5.17 Å². The normalized spacial score (nSPS) is 24.0.